The molecule has 1 unspecified atom stereocenters. The zero-order valence-corrected chi connectivity index (χ0v) is 13.1. The maximum absolute atomic E-state index is 6.36. The summed E-state index contributed by atoms with van der Waals surface area (Å²) in [6.07, 6.45) is 0.971. The normalized spacial score (nSPS) is 12.0. The van der Waals surface area contributed by atoms with Crippen molar-refractivity contribution >= 4 is 11.6 Å². The molecular weight excluding hydrogens is 286 g/mol. The van der Waals surface area contributed by atoms with Crippen LogP contribution in [0.25, 0.3) is 0 Å². The van der Waals surface area contributed by atoms with Gasteiger partial charge in [0.15, 0.2) is 0 Å². The van der Waals surface area contributed by atoms with Gasteiger partial charge in [-0.25, -0.2) is 0 Å². The Hall–Kier alpha value is -1.71. The Balaban J connectivity index is 2.31. The number of hydrogen-bond donors (Lipinski definition) is 1. The molecule has 0 aliphatic heterocycles. The van der Waals surface area contributed by atoms with Gasteiger partial charge < -0.3 is 15.2 Å². The Bertz CT molecular complexity index is 601. The van der Waals surface area contributed by atoms with Crippen LogP contribution in [0.15, 0.2) is 42.5 Å². The summed E-state index contributed by atoms with van der Waals surface area (Å²) in [7, 11) is 1.63. The molecule has 3 nitrogen and oxygen atoms in total. The second-order valence-corrected chi connectivity index (χ2v) is 5.22. The molecule has 0 aliphatic rings. The summed E-state index contributed by atoms with van der Waals surface area (Å²) in [6.45, 7) is 2.77. The number of halogens is 1. The summed E-state index contributed by atoms with van der Waals surface area (Å²) in [5.41, 5.74) is 8.19. The van der Waals surface area contributed by atoms with E-state index in [4.69, 9.17) is 26.8 Å². The fourth-order valence-electron chi connectivity index (χ4n) is 2.15. The van der Waals surface area contributed by atoms with E-state index in [1.54, 1.807) is 13.2 Å². The van der Waals surface area contributed by atoms with E-state index in [1.165, 1.54) is 0 Å². The molecule has 21 heavy (non-hydrogen) atoms. The van der Waals surface area contributed by atoms with E-state index in [9.17, 15) is 0 Å². The molecule has 0 aliphatic carbocycles. The average molecular weight is 306 g/mol. The van der Waals surface area contributed by atoms with E-state index >= 15 is 0 Å². The monoisotopic (exact) mass is 305 g/mol. The topological polar surface area (TPSA) is 44.5 Å². The fourth-order valence-corrected chi connectivity index (χ4v) is 2.33. The highest BCUT2D eigenvalue weighted by atomic mass is 35.5. The summed E-state index contributed by atoms with van der Waals surface area (Å²) in [5.74, 6) is 1.55. The lowest BCUT2D eigenvalue weighted by Crippen LogP contribution is -2.13. The first-order valence-electron chi connectivity index (χ1n) is 6.97. The third kappa shape index (κ3) is 3.90. The molecule has 0 saturated carbocycles. The van der Waals surface area contributed by atoms with E-state index in [0.717, 1.165) is 29.0 Å². The van der Waals surface area contributed by atoms with E-state index in [2.05, 4.69) is 6.92 Å². The van der Waals surface area contributed by atoms with Gasteiger partial charge in [-0.15, -0.1) is 0 Å². The first kappa shape index (κ1) is 15.7. The van der Waals surface area contributed by atoms with E-state index in [-0.39, 0.29) is 6.04 Å². The van der Waals surface area contributed by atoms with Gasteiger partial charge in [-0.2, -0.15) is 0 Å². The van der Waals surface area contributed by atoms with Gasteiger partial charge in [0, 0.05) is 10.6 Å². The van der Waals surface area contributed by atoms with Crippen molar-refractivity contribution in [3.05, 3.63) is 58.6 Å². The van der Waals surface area contributed by atoms with Gasteiger partial charge in [0.1, 0.15) is 11.5 Å². The highest BCUT2D eigenvalue weighted by Crippen LogP contribution is 2.31. The van der Waals surface area contributed by atoms with Crippen LogP contribution >= 0.6 is 11.6 Å². The van der Waals surface area contributed by atoms with Crippen LogP contribution in [0.4, 0.5) is 0 Å². The van der Waals surface area contributed by atoms with E-state index < -0.39 is 0 Å². The summed E-state index contributed by atoms with van der Waals surface area (Å²) < 4.78 is 11.0. The van der Waals surface area contributed by atoms with Crippen LogP contribution in [-0.2, 0) is 0 Å². The molecule has 0 fully saturated rings. The molecule has 2 rings (SSSR count). The first-order valence-corrected chi connectivity index (χ1v) is 7.35. The Morgan fingerprint density at radius 1 is 1.19 bits per heavy atom. The van der Waals surface area contributed by atoms with Crippen LogP contribution in [-0.4, -0.2) is 13.7 Å². The minimum absolute atomic E-state index is 0.316. The van der Waals surface area contributed by atoms with Gasteiger partial charge in [-0.1, -0.05) is 30.7 Å². The van der Waals surface area contributed by atoms with Crippen molar-refractivity contribution < 1.29 is 9.47 Å². The number of nitrogens with two attached hydrogens (primary N) is 1. The van der Waals surface area contributed by atoms with Crippen LogP contribution in [0.1, 0.15) is 30.5 Å². The minimum Gasteiger partial charge on any atom is -0.496 e. The predicted octanol–water partition coefficient (Wildman–Crippen LogP) is 4.19. The molecule has 4 heteroatoms. The van der Waals surface area contributed by atoms with Crippen LogP contribution in [0.3, 0.4) is 0 Å². The van der Waals surface area contributed by atoms with Crippen molar-refractivity contribution in [2.75, 3.05) is 13.7 Å². The van der Waals surface area contributed by atoms with Crippen molar-refractivity contribution in [1.29, 1.82) is 0 Å². The lowest BCUT2D eigenvalue weighted by atomic mass is 9.98. The molecule has 0 radical (unpaired) electrons. The van der Waals surface area contributed by atoms with Crippen molar-refractivity contribution in [1.82, 2.24) is 0 Å². The second-order valence-electron chi connectivity index (χ2n) is 4.78. The number of methoxy groups -OCH3 is 1. The van der Waals surface area contributed by atoms with Crippen molar-refractivity contribution in [2.45, 2.75) is 19.4 Å². The summed E-state index contributed by atoms with van der Waals surface area (Å²) in [5, 5.41) is 0.639. The number of benzene rings is 2. The van der Waals surface area contributed by atoms with Crippen LogP contribution in [0.2, 0.25) is 5.02 Å². The fraction of sp³-hybridized carbons (Fsp3) is 0.294. The van der Waals surface area contributed by atoms with Crippen LogP contribution in [0.5, 0.6) is 11.5 Å². The predicted molar refractivity (Wildman–Crippen MR) is 86.3 cm³/mol. The summed E-state index contributed by atoms with van der Waals surface area (Å²) in [4.78, 5) is 0. The number of hydrogen-bond acceptors (Lipinski definition) is 3. The Morgan fingerprint density at radius 3 is 2.71 bits per heavy atom. The Kier molecular flexibility index (Phi) is 5.48. The Labute approximate surface area is 130 Å². The Morgan fingerprint density at radius 2 is 2.00 bits per heavy atom. The highest BCUT2D eigenvalue weighted by Gasteiger charge is 2.15. The SMILES string of the molecule is CCCOc1cccc(C(N)c2cc(Cl)ccc2OC)c1. The third-order valence-corrected chi connectivity index (χ3v) is 3.45. The zero-order valence-electron chi connectivity index (χ0n) is 12.3. The van der Waals surface area contributed by atoms with E-state index in [0.29, 0.717) is 11.6 Å². The molecule has 0 saturated heterocycles. The molecule has 0 heterocycles. The van der Waals surface area contributed by atoms with Gasteiger partial charge in [0.2, 0.25) is 0 Å². The molecule has 0 spiro atoms. The largest absolute Gasteiger partial charge is 0.496 e. The van der Waals surface area contributed by atoms with Crippen LogP contribution < -0.4 is 15.2 Å². The summed E-state index contributed by atoms with van der Waals surface area (Å²) >= 11 is 6.07. The zero-order chi connectivity index (χ0) is 15.2. The van der Waals surface area contributed by atoms with Crippen molar-refractivity contribution in [3.63, 3.8) is 0 Å². The maximum Gasteiger partial charge on any atom is 0.124 e. The van der Waals surface area contributed by atoms with Gasteiger partial charge in [-0.05, 0) is 42.3 Å². The van der Waals surface area contributed by atoms with Gasteiger partial charge >= 0.3 is 0 Å². The maximum atomic E-state index is 6.36. The van der Waals surface area contributed by atoms with Gasteiger partial charge in [-0.3, -0.25) is 0 Å². The quantitative estimate of drug-likeness (QED) is 0.870. The molecule has 0 aromatic heterocycles. The number of ether oxygens (including phenoxy) is 2. The minimum atomic E-state index is -0.316. The molecule has 2 aromatic carbocycles. The summed E-state index contributed by atoms with van der Waals surface area (Å²) in [6, 6.07) is 12.9. The van der Waals surface area contributed by atoms with Crippen LogP contribution in [0, 0.1) is 0 Å². The lowest BCUT2D eigenvalue weighted by molar-refractivity contribution is 0.317. The molecule has 112 valence electrons. The average Bonchev–Trinajstić information content (AvgIpc) is 2.52. The molecule has 2 N–H and O–H groups in total. The third-order valence-electron chi connectivity index (χ3n) is 3.22. The standard InChI is InChI=1S/C17H20ClNO2/c1-3-9-21-14-6-4-5-12(10-14)17(19)15-11-13(18)7-8-16(15)20-2/h4-8,10-11,17H,3,9,19H2,1-2H3. The number of rotatable bonds is 6. The molecular formula is C17H20ClNO2. The molecule has 2 aromatic rings. The highest BCUT2D eigenvalue weighted by molar-refractivity contribution is 6.30. The first-order chi connectivity index (χ1) is 10.2. The van der Waals surface area contributed by atoms with Gasteiger partial charge in [0.25, 0.3) is 0 Å². The van der Waals surface area contributed by atoms with Crippen molar-refractivity contribution in [2.24, 2.45) is 5.73 Å². The molecule has 1 atom stereocenters. The van der Waals surface area contributed by atoms with Gasteiger partial charge in [0.05, 0.1) is 19.8 Å². The molecule has 0 bridgehead atoms. The smallest absolute Gasteiger partial charge is 0.124 e. The lowest BCUT2D eigenvalue weighted by Gasteiger charge is -2.17. The van der Waals surface area contributed by atoms with E-state index in [1.807, 2.05) is 36.4 Å². The second kappa shape index (κ2) is 7.34. The van der Waals surface area contributed by atoms with Crippen molar-refractivity contribution in [3.8, 4) is 11.5 Å². The molecule has 0 amide bonds.